The molecule has 29 heavy (non-hydrogen) atoms. The van der Waals surface area contributed by atoms with Gasteiger partial charge in [0.05, 0.1) is 10.0 Å². The highest BCUT2D eigenvalue weighted by Crippen LogP contribution is 2.40. The Kier molecular flexibility index (Phi) is 7.02. The van der Waals surface area contributed by atoms with Crippen LogP contribution in [0, 0.1) is 0 Å². The molecule has 2 aromatic carbocycles. The maximum atomic E-state index is 6.32. The average molecular weight is 433 g/mol. The van der Waals surface area contributed by atoms with Crippen LogP contribution in [0.25, 0.3) is 0 Å². The van der Waals surface area contributed by atoms with E-state index in [1.807, 2.05) is 19.2 Å². The van der Waals surface area contributed by atoms with Crippen molar-refractivity contribution in [2.24, 2.45) is 0 Å². The van der Waals surface area contributed by atoms with Crippen LogP contribution >= 0.6 is 23.2 Å². The fourth-order valence-electron chi connectivity index (χ4n) is 4.90. The van der Waals surface area contributed by atoms with Gasteiger partial charge < -0.3 is 10.1 Å². The molecule has 1 fully saturated rings. The number of aryl methyl sites for hydroxylation is 1. The molecule has 1 saturated heterocycles. The molecule has 1 heterocycles. The predicted octanol–water partition coefficient (Wildman–Crippen LogP) is 5.33. The Morgan fingerprint density at radius 2 is 1.90 bits per heavy atom. The summed E-state index contributed by atoms with van der Waals surface area (Å²) < 4.78 is 5.99. The van der Waals surface area contributed by atoms with Crippen molar-refractivity contribution in [1.82, 2.24) is 10.2 Å². The second-order valence-electron chi connectivity index (χ2n) is 8.22. The number of ether oxygens (including phenoxy) is 1. The van der Waals surface area contributed by atoms with Crippen molar-refractivity contribution in [3.8, 4) is 5.75 Å². The number of fused-ring (bicyclic) bond motifs is 1. The Balaban J connectivity index is 1.64. The van der Waals surface area contributed by atoms with Gasteiger partial charge >= 0.3 is 0 Å². The third-order valence-electron chi connectivity index (χ3n) is 6.36. The zero-order chi connectivity index (χ0) is 20.2. The number of hydrogen-bond acceptors (Lipinski definition) is 3. The zero-order valence-electron chi connectivity index (χ0n) is 17.1. The van der Waals surface area contributed by atoms with Crippen LogP contribution in [0.15, 0.2) is 36.4 Å². The second-order valence-corrected chi connectivity index (χ2v) is 9.04. The van der Waals surface area contributed by atoms with Gasteiger partial charge in [-0.1, -0.05) is 35.3 Å². The molecule has 3 nitrogen and oxygen atoms in total. The zero-order valence-corrected chi connectivity index (χ0v) is 18.6. The number of likely N-dealkylation sites (tertiary alicyclic amines) is 1. The van der Waals surface area contributed by atoms with Gasteiger partial charge in [0.1, 0.15) is 12.4 Å². The molecule has 0 aromatic heterocycles. The maximum Gasteiger partial charge on any atom is 0.119 e. The van der Waals surface area contributed by atoms with Gasteiger partial charge in [0.25, 0.3) is 0 Å². The van der Waals surface area contributed by atoms with Gasteiger partial charge in [-0.05, 0) is 93.2 Å². The van der Waals surface area contributed by atoms with Crippen LogP contribution in [-0.2, 0) is 12.8 Å². The topological polar surface area (TPSA) is 24.5 Å². The smallest absolute Gasteiger partial charge is 0.119 e. The van der Waals surface area contributed by atoms with Crippen molar-refractivity contribution in [3.63, 3.8) is 0 Å². The van der Waals surface area contributed by atoms with Gasteiger partial charge in [-0.3, -0.25) is 4.90 Å². The molecule has 5 heteroatoms. The number of rotatable bonds is 7. The summed E-state index contributed by atoms with van der Waals surface area (Å²) in [4.78, 5) is 2.71. The fraction of sp³-hybridized carbons (Fsp3) is 0.500. The Bertz CT molecular complexity index is 836. The van der Waals surface area contributed by atoms with E-state index in [1.54, 1.807) is 0 Å². The summed E-state index contributed by atoms with van der Waals surface area (Å²) in [5.41, 5.74) is 4.16. The Morgan fingerprint density at radius 3 is 2.66 bits per heavy atom. The Hall–Kier alpha value is -1.26. The molecule has 0 radical (unpaired) electrons. The van der Waals surface area contributed by atoms with Gasteiger partial charge in [-0.2, -0.15) is 0 Å². The van der Waals surface area contributed by atoms with Crippen LogP contribution in [0.5, 0.6) is 5.75 Å². The predicted molar refractivity (Wildman–Crippen MR) is 122 cm³/mol. The van der Waals surface area contributed by atoms with Gasteiger partial charge in [-0.15, -0.1) is 0 Å². The minimum atomic E-state index is 0.446. The van der Waals surface area contributed by atoms with E-state index in [2.05, 4.69) is 34.5 Å². The van der Waals surface area contributed by atoms with Gasteiger partial charge in [0.2, 0.25) is 0 Å². The molecule has 2 unspecified atom stereocenters. The molecule has 2 aliphatic rings. The third-order valence-corrected chi connectivity index (χ3v) is 7.10. The fourth-order valence-corrected chi connectivity index (χ4v) is 5.22. The van der Waals surface area contributed by atoms with Crippen molar-refractivity contribution in [1.29, 1.82) is 0 Å². The summed E-state index contributed by atoms with van der Waals surface area (Å²) in [7, 11) is 1.95. The highest BCUT2D eigenvalue weighted by atomic mass is 35.5. The summed E-state index contributed by atoms with van der Waals surface area (Å²) in [5, 5.41) is 4.40. The number of likely N-dealkylation sites (N-methyl/N-ethyl adjacent to an activating group) is 1. The molecule has 2 atom stereocenters. The van der Waals surface area contributed by atoms with Gasteiger partial charge in [-0.25, -0.2) is 0 Å². The van der Waals surface area contributed by atoms with Crippen LogP contribution in [0.1, 0.15) is 41.9 Å². The van der Waals surface area contributed by atoms with E-state index in [0.29, 0.717) is 28.6 Å². The van der Waals surface area contributed by atoms with Crippen LogP contribution in [0.3, 0.4) is 0 Å². The molecule has 0 saturated carbocycles. The third kappa shape index (κ3) is 4.91. The molecule has 0 bridgehead atoms. The first kappa shape index (κ1) is 21.0. The Labute approximate surface area is 184 Å². The first-order valence-electron chi connectivity index (χ1n) is 10.7. The molecule has 0 spiro atoms. The maximum absolute atomic E-state index is 6.32. The Morgan fingerprint density at radius 1 is 1.07 bits per heavy atom. The van der Waals surface area contributed by atoms with Gasteiger partial charge in [0.15, 0.2) is 0 Å². The molecule has 4 rings (SSSR count). The van der Waals surface area contributed by atoms with E-state index in [4.69, 9.17) is 27.9 Å². The molecular weight excluding hydrogens is 403 g/mol. The quantitative estimate of drug-likeness (QED) is 0.598. The number of benzene rings is 2. The summed E-state index contributed by atoms with van der Waals surface area (Å²) in [6.07, 6.45) is 5.97. The van der Waals surface area contributed by atoms with Crippen molar-refractivity contribution in [3.05, 3.63) is 63.1 Å². The molecule has 1 aliphatic carbocycles. The standard InChI is InChI=1S/C24H30Cl2N2O/c1-27-10-13-29-19-7-5-18-6-9-24(28-11-2-3-12-28)21(20(18)16-19)14-17-4-8-22(25)23(26)15-17/h4-5,7-8,15-16,21,24,27H,2-3,6,9-14H2,1H3. The second kappa shape index (κ2) is 9.70. The largest absolute Gasteiger partial charge is 0.492 e. The lowest BCUT2D eigenvalue weighted by Crippen LogP contribution is -2.41. The van der Waals surface area contributed by atoms with Crippen LogP contribution in [0.2, 0.25) is 10.0 Å². The molecule has 1 aliphatic heterocycles. The molecular formula is C24H30Cl2N2O. The minimum Gasteiger partial charge on any atom is -0.492 e. The molecule has 156 valence electrons. The normalized spacial score (nSPS) is 21.9. The minimum absolute atomic E-state index is 0.446. The van der Waals surface area contributed by atoms with Crippen LogP contribution in [0.4, 0.5) is 0 Å². The number of halogens is 2. The average Bonchev–Trinajstić information content (AvgIpc) is 3.26. The van der Waals surface area contributed by atoms with Crippen molar-refractivity contribution >= 4 is 23.2 Å². The molecule has 2 aromatic rings. The first-order valence-corrected chi connectivity index (χ1v) is 11.5. The lowest BCUT2D eigenvalue weighted by Gasteiger charge is -2.39. The van der Waals surface area contributed by atoms with E-state index in [-0.39, 0.29) is 0 Å². The SMILES string of the molecule is CNCCOc1ccc2c(c1)C(Cc1ccc(Cl)c(Cl)c1)C(N1CCCC1)CC2. The monoisotopic (exact) mass is 432 g/mol. The van der Waals surface area contributed by atoms with Gasteiger partial charge in [0, 0.05) is 18.5 Å². The summed E-state index contributed by atoms with van der Waals surface area (Å²) >= 11 is 12.5. The summed E-state index contributed by atoms with van der Waals surface area (Å²) in [6, 6.07) is 13.3. The lowest BCUT2D eigenvalue weighted by atomic mass is 9.75. The summed E-state index contributed by atoms with van der Waals surface area (Å²) in [5.74, 6) is 1.42. The van der Waals surface area contributed by atoms with Crippen LogP contribution < -0.4 is 10.1 Å². The highest BCUT2D eigenvalue weighted by molar-refractivity contribution is 6.42. The number of nitrogens with zero attached hydrogens (tertiary/aromatic N) is 1. The lowest BCUT2D eigenvalue weighted by molar-refractivity contribution is 0.188. The highest BCUT2D eigenvalue weighted by Gasteiger charge is 2.35. The summed E-state index contributed by atoms with van der Waals surface area (Å²) in [6.45, 7) is 3.97. The van der Waals surface area contributed by atoms with Crippen molar-refractivity contribution in [2.75, 3.05) is 33.3 Å². The van der Waals surface area contributed by atoms with E-state index in [1.165, 1.54) is 49.0 Å². The van der Waals surface area contributed by atoms with Crippen LogP contribution in [-0.4, -0.2) is 44.2 Å². The van der Waals surface area contributed by atoms with E-state index in [9.17, 15) is 0 Å². The van der Waals surface area contributed by atoms with Crippen molar-refractivity contribution < 1.29 is 4.74 Å². The van der Waals surface area contributed by atoms with E-state index in [0.717, 1.165) is 25.1 Å². The first-order chi connectivity index (χ1) is 14.2. The molecule has 1 N–H and O–H groups in total. The molecule has 0 amide bonds. The number of nitrogens with one attached hydrogen (secondary N) is 1. The van der Waals surface area contributed by atoms with E-state index >= 15 is 0 Å². The van der Waals surface area contributed by atoms with E-state index < -0.39 is 0 Å². The number of hydrogen-bond donors (Lipinski definition) is 1. The van der Waals surface area contributed by atoms with Crippen molar-refractivity contribution in [2.45, 2.75) is 44.1 Å².